The number of nitrogens with zero attached hydrogens (tertiary/aromatic N) is 3. The Morgan fingerprint density at radius 3 is 2.71 bits per heavy atom. The Hall–Kier alpha value is -3.19. The molecule has 2 fully saturated rings. The Morgan fingerprint density at radius 1 is 1.09 bits per heavy atom. The molecule has 5 rings (SSSR count). The van der Waals surface area contributed by atoms with E-state index in [2.05, 4.69) is 43.7 Å². The number of hydrogen-bond acceptors (Lipinski definition) is 6. The Morgan fingerprint density at radius 2 is 1.94 bits per heavy atom. The maximum Gasteiger partial charge on any atom is 0.253 e. The number of ether oxygens (including phenoxy) is 1. The third kappa shape index (κ3) is 5.14. The first-order chi connectivity index (χ1) is 16.7. The second-order valence-electron chi connectivity index (χ2n) is 9.41. The Bertz CT molecular complexity index is 1150. The molecule has 0 bridgehead atoms. The molecule has 1 aliphatic carbocycles. The minimum atomic E-state index is -0.150. The molecule has 2 N–H and O–H groups in total. The summed E-state index contributed by atoms with van der Waals surface area (Å²) >= 11 is 0. The van der Waals surface area contributed by atoms with Gasteiger partial charge in [0.25, 0.3) is 5.91 Å². The molecule has 3 aromatic rings. The lowest BCUT2D eigenvalue weighted by molar-refractivity contribution is 0.0950. The highest BCUT2D eigenvalue weighted by Gasteiger charge is 2.17. The summed E-state index contributed by atoms with van der Waals surface area (Å²) in [7, 11) is 1.63. The molecule has 7 nitrogen and oxygen atoms in total. The van der Waals surface area contributed by atoms with Gasteiger partial charge in [-0.25, -0.2) is 4.98 Å². The van der Waals surface area contributed by atoms with Gasteiger partial charge < -0.3 is 20.3 Å². The van der Waals surface area contributed by atoms with Gasteiger partial charge in [0, 0.05) is 31.2 Å². The van der Waals surface area contributed by atoms with E-state index in [0.29, 0.717) is 18.0 Å². The smallest absolute Gasteiger partial charge is 0.253 e. The molecule has 178 valence electrons. The van der Waals surface area contributed by atoms with Crippen LogP contribution in [0.3, 0.4) is 0 Å². The van der Waals surface area contributed by atoms with E-state index in [4.69, 9.17) is 4.74 Å². The van der Waals surface area contributed by atoms with Crippen LogP contribution >= 0.6 is 0 Å². The summed E-state index contributed by atoms with van der Waals surface area (Å²) in [6, 6.07) is 10.3. The molecule has 2 aliphatic rings. The molecule has 1 aliphatic heterocycles. The number of nitrogens with one attached hydrogen (secondary N) is 2. The minimum Gasteiger partial charge on any atom is -0.481 e. The van der Waals surface area contributed by atoms with Gasteiger partial charge in [-0.15, -0.1) is 0 Å². The number of fused-ring (bicyclic) bond motifs is 1. The Labute approximate surface area is 200 Å². The number of pyridine rings is 2. The fourth-order valence-corrected chi connectivity index (χ4v) is 4.78. The SMILES string of the molecule is COc1nc(CNC(=O)c2cncc(N3CCCC3)c2)cc2cc(CNCC3CCC3)ccc12. The van der Waals surface area contributed by atoms with Gasteiger partial charge in [0.05, 0.1) is 36.8 Å². The fraction of sp³-hybridized carbons (Fsp3) is 0.444. The fourth-order valence-electron chi connectivity index (χ4n) is 4.78. The van der Waals surface area contributed by atoms with Crippen LogP contribution in [0, 0.1) is 5.92 Å². The molecule has 2 aromatic heterocycles. The minimum absolute atomic E-state index is 0.150. The van der Waals surface area contributed by atoms with Crippen LogP contribution in [0.15, 0.2) is 42.7 Å². The summed E-state index contributed by atoms with van der Waals surface area (Å²) in [6.07, 6.45) is 9.88. The molecule has 1 saturated heterocycles. The zero-order valence-corrected chi connectivity index (χ0v) is 19.8. The van der Waals surface area contributed by atoms with Crippen molar-refractivity contribution in [2.45, 2.75) is 45.2 Å². The van der Waals surface area contributed by atoms with Crippen molar-refractivity contribution in [2.75, 3.05) is 31.6 Å². The zero-order valence-electron chi connectivity index (χ0n) is 19.8. The van der Waals surface area contributed by atoms with Crippen LogP contribution < -0.4 is 20.3 Å². The first-order valence-corrected chi connectivity index (χ1v) is 12.3. The average molecular weight is 460 g/mol. The third-order valence-electron chi connectivity index (χ3n) is 6.98. The molecular formula is C27H33N5O2. The lowest BCUT2D eigenvalue weighted by Crippen LogP contribution is -2.26. The van der Waals surface area contributed by atoms with E-state index in [1.165, 1.54) is 37.7 Å². The first-order valence-electron chi connectivity index (χ1n) is 12.3. The van der Waals surface area contributed by atoms with Crippen molar-refractivity contribution in [3.63, 3.8) is 0 Å². The summed E-state index contributed by atoms with van der Waals surface area (Å²) in [4.78, 5) is 24.0. The van der Waals surface area contributed by atoms with E-state index < -0.39 is 0 Å². The molecule has 1 amide bonds. The number of methoxy groups -OCH3 is 1. The quantitative estimate of drug-likeness (QED) is 0.502. The molecule has 34 heavy (non-hydrogen) atoms. The van der Waals surface area contributed by atoms with Crippen molar-refractivity contribution in [2.24, 2.45) is 5.92 Å². The lowest BCUT2D eigenvalue weighted by atomic mass is 9.85. The van der Waals surface area contributed by atoms with Crippen molar-refractivity contribution in [1.29, 1.82) is 0 Å². The molecule has 0 unspecified atom stereocenters. The summed E-state index contributed by atoms with van der Waals surface area (Å²) in [5.74, 6) is 1.27. The number of rotatable bonds is 9. The van der Waals surface area contributed by atoms with Crippen molar-refractivity contribution < 1.29 is 9.53 Å². The van der Waals surface area contributed by atoms with Gasteiger partial charge in [0.15, 0.2) is 0 Å². The highest BCUT2D eigenvalue weighted by molar-refractivity contribution is 5.95. The van der Waals surface area contributed by atoms with Crippen LogP contribution in [0.2, 0.25) is 0 Å². The van der Waals surface area contributed by atoms with E-state index in [1.807, 2.05) is 18.3 Å². The molecule has 1 aromatic carbocycles. The number of carbonyl (C=O) groups is 1. The van der Waals surface area contributed by atoms with Gasteiger partial charge in [0.2, 0.25) is 5.88 Å². The van der Waals surface area contributed by atoms with Gasteiger partial charge in [-0.05, 0) is 73.4 Å². The van der Waals surface area contributed by atoms with Crippen molar-refractivity contribution in [3.05, 3.63) is 59.5 Å². The van der Waals surface area contributed by atoms with E-state index in [0.717, 1.165) is 54.3 Å². The largest absolute Gasteiger partial charge is 0.481 e. The topological polar surface area (TPSA) is 79.4 Å². The van der Waals surface area contributed by atoms with Gasteiger partial charge >= 0.3 is 0 Å². The maximum absolute atomic E-state index is 12.8. The molecule has 1 saturated carbocycles. The van der Waals surface area contributed by atoms with Crippen LogP contribution in [0.1, 0.15) is 53.7 Å². The number of anilines is 1. The van der Waals surface area contributed by atoms with Gasteiger partial charge in [-0.1, -0.05) is 12.5 Å². The van der Waals surface area contributed by atoms with Gasteiger partial charge in [-0.2, -0.15) is 0 Å². The second-order valence-corrected chi connectivity index (χ2v) is 9.41. The molecule has 3 heterocycles. The number of hydrogen-bond donors (Lipinski definition) is 2. The highest BCUT2D eigenvalue weighted by Crippen LogP contribution is 2.27. The molecular weight excluding hydrogens is 426 g/mol. The summed E-state index contributed by atoms with van der Waals surface area (Å²) in [5, 5.41) is 8.62. The van der Waals surface area contributed by atoms with Gasteiger partial charge in [-0.3, -0.25) is 9.78 Å². The Kier molecular flexibility index (Phi) is 6.90. The van der Waals surface area contributed by atoms with Crippen LogP contribution in [-0.2, 0) is 13.1 Å². The van der Waals surface area contributed by atoms with Crippen LogP contribution in [0.5, 0.6) is 5.88 Å². The second kappa shape index (κ2) is 10.4. The van der Waals surface area contributed by atoms with E-state index in [1.54, 1.807) is 13.3 Å². The van der Waals surface area contributed by atoms with Crippen LogP contribution in [-0.4, -0.2) is 42.6 Å². The molecule has 7 heteroatoms. The number of carbonyl (C=O) groups excluding carboxylic acids is 1. The normalized spacial score (nSPS) is 16.0. The molecule has 0 radical (unpaired) electrons. The Balaban J connectivity index is 1.26. The molecule has 0 atom stereocenters. The van der Waals surface area contributed by atoms with E-state index >= 15 is 0 Å². The van der Waals surface area contributed by atoms with Crippen molar-refractivity contribution in [1.82, 2.24) is 20.6 Å². The van der Waals surface area contributed by atoms with Crippen LogP contribution in [0.4, 0.5) is 5.69 Å². The average Bonchev–Trinajstić information content (AvgIpc) is 3.38. The highest BCUT2D eigenvalue weighted by atomic mass is 16.5. The molecule has 0 spiro atoms. The number of aromatic nitrogens is 2. The number of benzene rings is 1. The maximum atomic E-state index is 12.8. The monoisotopic (exact) mass is 459 g/mol. The predicted molar refractivity (Wildman–Crippen MR) is 134 cm³/mol. The zero-order chi connectivity index (χ0) is 23.3. The van der Waals surface area contributed by atoms with Gasteiger partial charge in [0.1, 0.15) is 0 Å². The summed E-state index contributed by atoms with van der Waals surface area (Å²) < 4.78 is 5.55. The third-order valence-corrected chi connectivity index (χ3v) is 6.98. The standard InChI is InChI=1S/C27H33N5O2/c1-34-27-25-8-7-20(15-28-14-19-5-4-6-19)11-21(25)12-23(31-27)17-30-26(33)22-13-24(18-29-16-22)32-9-2-3-10-32/h7-8,11-13,16,18-19,28H,2-6,9-10,14-15,17H2,1H3,(H,30,33). The number of amides is 1. The van der Waals surface area contributed by atoms with Crippen molar-refractivity contribution in [3.8, 4) is 5.88 Å². The van der Waals surface area contributed by atoms with E-state index in [-0.39, 0.29) is 5.91 Å². The first kappa shape index (κ1) is 22.6. The summed E-state index contributed by atoms with van der Waals surface area (Å²) in [6.45, 7) is 4.30. The predicted octanol–water partition coefficient (Wildman–Crippen LogP) is 4.06. The summed E-state index contributed by atoms with van der Waals surface area (Å²) in [5.41, 5.74) is 3.58. The lowest BCUT2D eigenvalue weighted by Gasteiger charge is -2.25. The van der Waals surface area contributed by atoms with E-state index in [9.17, 15) is 4.79 Å². The van der Waals surface area contributed by atoms with Crippen LogP contribution in [0.25, 0.3) is 10.8 Å². The van der Waals surface area contributed by atoms with Crippen molar-refractivity contribution >= 4 is 22.4 Å².